The standard InChI is InChI=1S/C25H29NO5/c1-24(2,3)31-22(27)25(29)13-8-14-26(16-25)23(28)30-15-21-19-11-6-4-9-17(19)18-10-5-7-12-20(18)21/h4-7,9-12,21,29H,8,13-16H2,1-3H3. The van der Waals surface area contributed by atoms with Crippen molar-refractivity contribution in [3.63, 3.8) is 0 Å². The van der Waals surface area contributed by atoms with E-state index in [9.17, 15) is 14.7 Å². The molecule has 0 radical (unpaired) electrons. The highest BCUT2D eigenvalue weighted by atomic mass is 16.6. The fourth-order valence-corrected chi connectivity index (χ4v) is 4.42. The first-order valence-corrected chi connectivity index (χ1v) is 10.7. The van der Waals surface area contributed by atoms with Crippen molar-refractivity contribution < 1.29 is 24.2 Å². The van der Waals surface area contributed by atoms with Crippen molar-refractivity contribution in [2.75, 3.05) is 19.7 Å². The van der Waals surface area contributed by atoms with Gasteiger partial charge in [0.25, 0.3) is 0 Å². The Morgan fingerprint density at radius 2 is 1.65 bits per heavy atom. The second-order valence-corrected chi connectivity index (χ2v) is 9.36. The third-order valence-corrected chi connectivity index (χ3v) is 5.84. The number of aliphatic hydroxyl groups is 1. The first kappa shape index (κ1) is 21.4. The number of amides is 1. The summed E-state index contributed by atoms with van der Waals surface area (Å²) in [6.07, 6.45) is 0.234. The molecule has 1 fully saturated rings. The molecule has 1 aliphatic heterocycles. The van der Waals surface area contributed by atoms with Gasteiger partial charge in [0.05, 0.1) is 6.54 Å². The Labute approximate surface area is 182 Å². The van der Waals surface area contributed by atoms with Gasteiger partial charge in [0, 0.05) is 12.5 Å². The molecule has 0 bridgehead atoms. The van der Waals surface area contributed by atoms with Gasteiger partial charge in [-0.15, -0.1) is 0 Å². The van der Waals surface area contributed by atoms with E-state index in [4.69, 9.17) is 9.47 Å². The van der Waals surface area contributed by atoms with Crippen LogP contribution in [0.2, 0.25) is 0 Å². The number of carbonyl (C=O) groups is 2. The zero-order chi connectivity index (χ0) is 22.2. The van der Waals surface area contributed by atoms with Crippen LogP contribution in [0.15, 0.2) is 48.5 Å². The van der Waals surface area contributed by atoms with Crippen LogP contribution in [0.5, 0.6) is 0 Å². The van der Waals surface area contributed by atoms with Gasteiger partial charge >= 0.3 is 12.1 Å². The molecule has 2 aromatic carbocycles. The lowest BCUT2D eigenvalue weighted by Crippen LogP contribution is -2.56. The van der Waals surface area contributed by atoms with Gasteiger partial charge in [-0.1, -0.05) is 48.5 Å². The summed E-state index contributed by atoms with van der Waals surface area (Å²) < 4.78 is 11.0. The van der Waals surface area contributed by atoms with Gasteiger partial charge in [-0.25, -0.2) is 9.59 Å². The predicted molar refractivity (Wildman–Crippen MR) is 117 cm³/mol. The molecular weight excluding hydrogens is 394 g/mol. The highest BCUT2D eigenvalue weighted by molar-refractivity contribution is 5.82. The van der Waals surface area contributed by atoms with Gasteiger partial charge in [0.2, 0.25) is 0 Å². The number of esters is 1. The van der Waals surface area contributed by atoms with Crippen molar-refractivity contribution in [3.05, 3.63) is 59.7 Å². The second kappa shape index (κ2) is 8.00. The summed E-state index contributed by atoms with van der Waals surface area (Å²) in [5, 5.41) is 10.8. The van der Waals surface area contributed by atoms with E-state index in [0.29, 0.717) is 13.0 Å². The molecule has 0 saturated carbocycles. The minimum absolute atomic E-state index is 0.0362. The normalized spacial score (nSPS) is 20.7. The quantitative estimate of drug-likeness (QED) is 0.752. The number of β-amino-alcohol motifs (C(OH)–C–C–N with tert-alkyl or cyclic N) is 1. The molecule has 1 unspecified atom stereocenters. The zero-order valence-corrected chi connectivity index (χ0v) is 18.3. The number of fused-ring (bicyclic) bond motifs is 3. The number of piperidine rings is 1. The van der Waals surface area contributed by atoms with Crippen LogP contribution in [0, 0.1) is 0 Å². The number of nitrogens with zero attached hydrogens (tertiary/aromatic N) is 1. The number of hydrogen-bond donors (Lipinski definition) is 1. The average molecular weight is 424 g/mol. The molecule has 4 rings (SSSR count). The highest BCUT2D eigenvalue weighted by Gasteiger charge is 2.45. The first-order valence-electron chi connectivity index (χ1n) is 10.7. The molecule has 0 aromatic heterocycles. The number of ether oxygens (including phenoxy) is 2. The molecule has 1 atom stereocenters. The monoisotopic (exact) mass is 423 g/mol. The summed E-state index contributed by atoms with van der Waals surface area (Å²) in [7, 11) is 0. The average Bonchev–Trinajstić information content (AvgIpc) is 3.05. The number of carbonyl (C=O) groups excluding carboxylic acids is 2. The van der Waals surface area contributed by atoms with Gasteiger partial charge in [0.1, 0.15) is 12.2 Å². The summed E-state index contributed by atoms with van der Waals surface area (Å²) in [5.74, 6) is -0.734. The minimum Gasteiger partial charge on any atom is -0.458 e. The Bertz CT molecular complexity index is 950. The van der Waals surface area contributed by atoms with E-state index in [1.54, 1.807) is 20.8 Å². The fraction of sp³-hybridized carbons (Fsp3) is 0.440. The molecule has 1 amide bonds. The molecule has 2 aliphatic rings. The molecule has 6 heteroatoms. The zero-order valence-electron chi connectivity index (χ0n) is 18.3. The van der Waals surface area contributed by atoms with E-state index >= 15 is 0 Å². The smallest absolute Gasteiger partial charge is 0.409 e. The van der Waals surface area contributed by atoms with Crippen LogP contribution in [0.4, 0.5) is 4.79 Å². The summed E-state index contributed by atoms with van der Waals surface area (Å²) in [5.41, 5.74) is 2.18. The van der Waals surface area contributed by atoms with Crippen molar-refractivity contribution in [2.45, 2.75) is 50.7 Å². The largest absolute Gasteiger partial charge is 0.458 e. The number of rotatable bonds is 3. The highest BCUT2D eigenvalue weighted by Crippen LogP contribution is 2.44. The SMILES string of the molecule is CC(C)(C)OC(=O)C1(O)CCCN(C(=O)OCC2c3ccccc3-c3ccccc32)C1. The van der Waals surface area contributed by atoms with Gasteiger partial charge in [-0.2, -0.15) is 0 Å². The third kappa shape index (κ3) is 4.30. The van der Waals surface area contributed by atoms with Crippen LogP contribution in [0.3, 0.4) is 0 Å². The van der Waals surface area contributed by atoms with Crippen molar-refractivity contribution in [2.24, 2.45) is 0 Å². The van der Waals surface area contributed by atoms with Crippen molar-refractivity contribution in [1.82, 2.24) is 4.90 Å². The Balaban J connectivity index is 1.44. The lowest BCUT2D eigenvalue weighted by atomic mass is 9.93. The Kier molecular flexibility index (Phi) is 5.52. The Morgan fingerprint density at radius 1 is 1.06 bits per heavy atom. The summed E-state index contributed by atoms with van der Waals surface area (Å²) in [6.45, 7) is 5.76. The number of hydrogen-bond acceptors (Lipinski definition) is 5. The Morgan fingerprint density at radius 3 is 2.23 bits per heavy atom. The van der Waals surface area contributed by atoms with Gasteiger partial charge < -0.3 is 19.5 Å². The number of likely N-dealkylation sites (tertiary alicyclic amines) is 1. The predicted octanol–water partition coefficient (Wildman–Crippen LogP) is 4.10. The summed E-state index contributed by atoms with van der Waals surface area (Å²) in [6, 6.07) is 16.3. The van der Waals surface area contributed by atoms with E-state index in [0.717, 1.165) is 22.3 Å². The summed E-state index contributed by atoms with van der Waals surface area (Å²) in [4.78, 5) is 26.7. The topological polar surface area (TPSA) is 76.1 Å². The van der Waals surface area contributed by atoms with Gasteiger partial charge in [-0.3, -0.25) is 0 Å². The lowest BCUT2D eigenvalue weighted by Gasteiger charge is -2.38. The fourth-order valence-electron chi connectivity index (χ4n) is 4.42. The van der Waals surface area contributed by atoms with Gasteiger partial charge in [-0.05, 0) is 55.9 Å². The molecule has 164 valence electrons. The maximum atomic E-state index is 12.8. The van der Waals surface area contributed by atoms with Crippen LogP contribution < -0.4 is 0 Å². The summed E-state index contributed by atoms with van der Waals surface area (Å²) >= 11 is 0. The molecule has 1 N–H and O–H groups in total. The van der Waals surface area contributed by atoms with Crippen LogP contribution in [-0.2, 0) is 14.3 Å². The van der Waals surface area contributed by atoms with E-state index in [2.05, 4.69) is 24.3 Å². The van der Waals surface area contributed by atoms with E-state index in [-0.39, 0.29) is 25.5 Å². The van der Waals surface area contributed by atoms with Crippen LogP contribution in [0.25, 0.3) is 11.1 Å². The number of benzene rings is 2. The van der Waals surface area contributed by atoms with E-state index in [1.807, 2.05) is 24.3 Å². The molecule has 1 heterocycles. The second-order valence-electron chi connectivity index (χ2n) is 9.36. The van der Waals surface area contributed by atoms with Crippen LogP contribution >= 0.6 is 0 Å². The third-order valence-electron chi connectivity index (χ3n) is 5.84. The lowest BCUT2D eigenvalue weighted by molar-refractivity contribution is -0.181. The molecule has 6 nitrogen and oxygen atoms in total. The molecular formula is C25H29NO5. The molecule has 1 saturated heterocycles. The molecule has 2 aromatic rings. The molecule has 1 aliphatic carbocycles. The maximum Gasteiger partial charge on any atom is 0.409 e. The van der Waals surface area contributed by atoms with Crippen molar-refractivity contribution in [1.29, 1.82) is 0 Å². The molecule has 0 spiro atoms. The van der Waals surface area contributed by atoms with E-state index < -0.39 is 23.3 Å². The van der Waals surface area contributed by atoms with Crippen molar-refractivity contribution in [3.8, 4) is 11.1 Å². The molecule has 31 heavy (non-hydrogen) atoms. The van der Waals surface area contributed by atoms with Gasteiger partial charge in [0.15, 0.2) is 5.60 Å². The minimum atomic E-state index is -1.71. The van der Waals surface area contributed by atoms with E-state index in [1.165, 1.54) is 4.90 Å². The Hall–Kier alpha value is -2.86. The first-order chi connectivity index (χ1) is 14.7. The van der Waals surface area contributed by atoms with Crippen LogP contribution in [0.1, 0.15) is 50.7 Å². The van der Waals surface area contributed by atoms with Crippen molar-refractivity contribution >= 4 is 12.1 Å². The van der Waals surface area contributed by atoms with Crippen LogP contribution in [-0.4, -0.2) is 53.0 Å². The maximum absolute atomic E-state index is 12.8.